The molecule has 0 fully saturated rings. The molecule has 0 N–H and O–H groups in total. The highest BCUT2D eigenvalue weighted by Crippen LogP contribution is 2.45. The molecule has 3 rings (SSSR count). The molecule has 10 heteroatoms. The Kier molecular flexibility index (Phi) is 17.9. The van der Waals surface area contributed by atoms with E-state index in [0.717, 1.165) is 39.0 Å². The van der Waals surface area contributed by atoms with Gasteiger partial charge in [0.25, 0.3) is 5.82 Å². The highest BCUT2D eigenvalue weighted by atomic mass is 127. The second-order valence-corrected chi connectivity index (χ2v) is 11.2. The van der Waals surface area contributed by atoms with Gasteiger partial charge in [-0.05, 0) is 56.8 Å². The molecule has 0 unspecified atom stereocenters. The van der Waals surface area contributed by atoms with Crippen molar-refractivity contribution in [3.05, 3.63) is 53.2 Å². The molecule has 0 bridgehead atoms. The smallest absolute Gasteiger partial charge is 0.277 e. The molecule has 0 spiro atoms. The number of thioether (sulfide) groups is 1. The first-order valence-electron chi connectivity index (χ1n) is 14.4. The summed E-state index contributed by atoms with van der Waals surface area (Å²) in [6.07, 6.45) is 6.73. The Balaban J connectivity index is 0.00000588. The van der Waals surface area contributed by atoms with Crippen LogP contribution in [0.5, 0.6) is 0 Å². The lowest BCUT2D eigenvalue weighted by atomic mass is 10.2. The van der Waals surface area contributed by atoms with Crippen molar-refractivity contribution in [1.29, 1.82) is 0 Å². The third-order valence-electron chi connectivity index (χ3n) is 6.60. The third kappa shape index (κ3) is 12.4. The van der Waals surface area contributed by atoms with Gasteiger partial charge in [0.2, 0.25) is 0 Å². The Labute approximate surface area is 269 Å². The summed E-state index contributed by atoms with van der Waals surface area (Å²) in [5, 5.41) is 1.24. The quantitative estimate of drug-likeness (QED) is 0.117. The topological polar surface area (TPSA) is 50.5 Å². The zero-order chi connectivity index (χ0) is 28.6. The number of halogens is 1. The zero-order valence-corrected chi connectivity index (χ0v) is 28.5. The summed E-state index contributed by atoms with van der Waals surface area (Å²) in [5.74, 6) is 1.24. The van der Waals surface area contributed by atoms with Gasteiger partial charge in [0.1, 0.15) is 6.54 Å². The number of methoxy groups -OCH3 is 1. The predicted molar refractivity (Wildman–Crippen MR) is 165 cm³/mol. The van der Waals surface area contributed by atoms with Crippen molar-refractivity contribution in [2.45, 2.75) is 31.2 Å². The summed E-state index contributed by atoms with van der Waals surface area (Å²) in [7, 11) is 8.10. The van der Waals surface area contributed by atoms with Gasteiger partial charge in [0, 0.05) is 31.7 Å². The summed E-state index contributed by atoms with van der Waals surface area (Å²) in [6.45, 7) is 10.3. The van der Waals surface area contributed by atoms with E-state index in [-0.39, 0.29) is 24.0 Å². The van der Waals surface area contributed by atoms with Crippen LogP contribution in [0.1, 0.15) is 25.3 Å². The lowest BCUT2D eigenvalue weighted by Gasteiger charge is -2.21. The Hall–Kier alpha value is -1.41. The van der Waals surface area contributed by atoms with Crippen molar-refractivity contribution in [2.75, 3.05) is 104 Å². The number of para-hydroxylation sites is 1. The first kappa shape index (κ1) is 35.8. The fourth-order valence-corrected chi connectivity index (χ4v) is 5.62. The van der Waals surface area contributed by atoms with Gasteiger partial charge < -0.3 is 52.7 Å². The summed E-state index contributed by atoms with van der Waals surface area (Å²) < 4.78 is 24.3. The molecule has 0 atom stereocenters. The highest BCUT2D eigenvalue weighted by Gasteiger charge is 2.23. The second kappa shape index (κ2) is 20.5. The first-order chi connectivity index (χ1) is 19.5. The van der Waals surface area contributed by atoms with Crippen molar-refractivity contribution in [2.24, 2.45) is 0 Å². The SMILES string of the molecule is CCCN(CCCN(C)C)c1cc(C=C2Sc3ccccc3N2C)cc[n+]1CCOCCOCCOCCOC.[I-]. The Morgan fingerprint density at radius 2 is 1.59 bits per heavy atom. The Morgan fingerprint density at radius 1 is 0.902 bits per heavy atom. The van der Waals surface area contributed by atoms with Crippen LogP contribution in [0.25, 0.3) is 6.08 Å². The fraction of sp³-hybridized carbons (Fsp3) is 0.581. The molecule has 41 heavy (non-hydrogen) atoms. The molecule has 230 valence electrons. The Morgan fingerprint density at radius 3 is 2.24 bits per heavy atom. The molecule has 8 nitrogen and oxygen atoms in total. The molecule has 2 heterocycles. The molecule has 1 aliphatic rings. The van der Waals surface area contributed by atoms with E-state index in [9.17, 15) is 0 Å². The number of ether oxygens (including phenoxy) is 4. The first-order valence-corrected chi connectivity index (χ1v) is 15.2. The van der Waals surface area contributed by atoms with E-state index in [1.165, 1.54) is 27.0 Å². The highest BCUT2D eigenvalue weighted by molar-refractivity contribution is 8.03. The van der Waals surface area contributed by atoms with E-state index in [4.69, 9.17) is 18.9 Å². The number of anilines is 2. The standard InChI is InChI=1S/C31H49N4O4S.HI/c1-6-13-34(15-9-14-32(2)3)30-25-27(26-31-33(4)28-10-7-8-11-29(28)40-31)12-16-35(30)17-18-37-21-22-39-24-23-38-20-19-36-5;/h7-8,10-12,16,25-26H,6,9,13-15,17-24H2,1-5H3;1H/q+1;/p-1. The minimum absolute atomic E-state index is 0. The van der Waals surface area contributed by atoms with Gasteiger partial charge >= 0.3 is 0 Å². The van der Waals surface area contributed by atoms with Crippen LogP contribution in [0.2, 0.25) is 0 Å². The van der Waals surface area contributed by atoms with E-state index >= 15 is 0 Å². The van der Waals surface area contributed by atoms with Crippen molar-refractivity contribution in [1.82, 2.24) is 4.90 Å². The molecular weight excluding hydrogens is 651 g/mol. The minimum atomic E-state index is 0. The molecule has 0 radical (unpaired) electrons. The minimum Gasteiger partial charge on any atom is -1.00 e. The van der Waals surface area contributed by atoms with Crippen LogP contribution in [0.4, 0.5) is 11.5 Å². The number of hydrogen-bond donors (Lipinski definition) is 0. The van der Waals surface area contributed by atoms with Crippen molar-refractivity contribution in [3.63, 3.8) is 0 Å². The molecule has 1 aromatic heterocycles. The van der Waals surface area contributed by atoms with Gasteiger partial charge in [-0.15, -0.1) is 0 Å². The van der Waals surface area contributed by atoms with Gasteiger partial charge in [-0.1, -0.05) is 30.8 Å². The van der Waals surface area contributed by atoms with Crippen molar-refractivity contribution >= 4 is 29.3 Å². The number of rotatable bonds is 20. The van der Waals surface area contributed by atoms with Gasteiger partial charge in [0.15, 0.2) is 0 Å². The van der Waals surface area contributed by atoms with Crippen LogP contribution < -0.4 is 38.3 Å². The number of nitrogens with zero attached hydrogens (tertiary/aromatic N) is 4. The average Bonchev–Trinajstić information content (AvgIpc) is 3.26. The molecule has 0 aliphatic carbocycles. The predicted octanol–water partition coefficient (Wildman–Crippen LogP) is 1.38. The maximum Gasteiger partial charge on any atom is 0.277 e. The molecule has 0 amide bonds. The maximum atomic E-state index is 5.92. The average molecular weight is 701 g/mol. The van der Waals surface area contributed by atoms with Crippen LogP contribution in [-0.4, -0.2) is 99.0 Å². The Bertz CT molecular complexity index is 1040. The molecule has 1 aromatic carbocycles. The summed E-state index contributed by atoms with van der Waals surface area (Å²) in [5.41, 5.74) is 2.48. The molecule has 0 saturated carbocycles. The van der Waals surface area contributed by atoms with E-state index in [0.29, 0.717) is 46.2 Å². The number of hydrogen-bond acceptors (Lipinski definition) is 8. The van der Waals surface area contributed by atoms with E-state index in [2.05, 4.69) is 96.0 Å². The van der Waals surface area contributed by atoms with Crippen LogP contribution in [0.15, 0.2) is 52.5 Å². The van der Waals surface area contributed by atoms with Crippen molar-refractivity contribution < 1.29 is 47.5 Å². The van der Waals surface area contributed by atoms with Crippen LogP contribution in [-0.2, 0) is 25.5 Å². The molecule has 0 saturated heterocycles. The van der Waals surface area contributed by atoms with Crippen LogP contribution >= 0.6 is 11.8 Å². The maximum absolute atomic E-state index is 5.92. The normalized spacial score (nSPS) is 13.6. The molecular formula is C31H49IN4O4S. The third-order valence-corrected chi connectivity index (χ3v) is 7.77. The van der Waals surface area contributed by atoms with Crippen molar-refractivity contribution in [3.8, 4) is 0 Å². The van der Waals surface area contributed by atoms with Crippen LogP contribution in [0, 0.1) is 0 Å². The summed E-state index contributed by atoms with van der Waals surface area (Å²) >= 11 is 1.83. The van der Waals surface area contributed by atoms with E-state index < -0.39 is 0 Å². The van der Waals surface area contributed by atoms with Gasteiger partial charge in [-0.2, -0.15) is 0 Å². The zero-order valence-electron chi connectivity index (χ0n) is 25.5. The van der Waals surface area contributed by atoms with Gasteiger partial charge in [-0.25, -0.2) is 4.57 Å². The van der Waals surface area contributed by atoms with Gasteiger partial charge in [0.05, 0.1) is 76.3 Å². The number of pyridine rings is 1. The summed E-state index contributed by atoms with van der Waals surface area (Å²) in [4.78, 5) is 8.37. The van der Waals surface area contributed by atoms with Gasteiger partial charge in [-0.3, -0.25) is 4.90 Å². The fourth-order valence-electron chi connectivity index (χ4n) is 4.51. The van der Waals surface area contributed by atoms with E-state index in [1.54, 1.807) is 7.11 Å². The number of fused-ring (bicyclic) bond motifs is 1. The lowest BCUT2D eigenvalue weighted by molar-refractivity contribution is -0.686. The monoisotopic (exact) mass is 700 g/mol. The number of aromatic nitrogens is 1. The summed E-state index contributed by atoms with van der Waals surface area (Å²) in [6, 6.07) is 13.1. The molecule has 1 aliphatic heterocycles. The second-order valence-electron chi connectivity index (χ2n) is 10.1. The van der Waals surface area contributed by atoms with E-state index in [1.807, 2.05) is 11.8 Å². The lowest BCUT2D eigenvalue weighted by Crippen LogP contribution is -3.00. The molecule has 2 aromatic rings. The largest absolute Gasteiger partial charge is 1.00 e. The van der Waals surface area contributed by atoms with Crippen LogP contribution in [0.3, 0.4) is 0 Å². The number of benzene rings is 1.